The van der Waals surface area contributed by atoms with E-state index >= 15 is 0 Å². The third-order valence-corrected chi connectivity index (χ3v) is 8.36. The average molecular weight is 600 g/mol. The fraction of sp³-hybridized carbons (Fsp3) is 0.400. The number of hydrogen-bond acceptors (Lipinski definition) is 7. The van der Waals surface area contributed by atoms with Crippen LogP contribution < -0.4 is 10.2 Å². The molecule has 9 heteroatoms. The molecule has 0 bridgehead atoms. The van der Waals surface area contributed by atoms with Crippen molar-refractivity contribution in [2.45, 2.75) is 52.7 Å². The second-order valence-corrected chi connectivity index (χ2v) is 12.5. The molecule has 0 saturated carbocycles. The first kappa shape index (κ1) is 31.1. The normalized spacial score (nSPS) is 14.7. The standard InChI is InChI=1S/C35H41N3O6/c1-22-24(19-36-20-31(39)44-35(3,4)5)18-30(23(2)32(22)33(40)41)37-14-16-38(17-15-37)34(42)43-21-29-27-12-8-6-10-25(27)26-11-7-9-13-28(26)29/h6-13,18,29,36H,14-17,19-21H2,1-5H3,(H,40,41). The maximum Gasteiger partial charge on any atom is 0.409 e. The summed E-state index contributed by atoms with van der Waals surface area (Å²) in [7, 11) is 0. The van der Waals surface area contributed by atoms with E-state index in [1.807, 2.05) is 58.0 Å². The van der Waals surface area contributed by atoms with E-state index in [9.17, 15) is 19.5 Å². The molecule has 0 atom stereocenters. The molecule has 0 radical (unpaired) electrons. The van der Waals surface area contributed by atoms with Crippen LogP contribution in [-0.2, 0) is 20.8 Å². The molecule has 232 valence electrons. The molecule has 2 N–H and O–H groups in total. The van der Waals surface area contributed by atoms with Crippen molar-refractivity contribution >= 4 is 23.7 Å². The predicted molar refractivity (Wildman–Crippen MR) is 169 cm³/mol. The van der Waals surface area contributed by atoms with Crippen LogP contribution >= 0.6 is 0 Å². The summed E-state index contributed by atoms with van der Waals surface area (Å²) in [4.78, 5) is 41.4. The number of carboxylic acids is 1. The Labute approximate surface area is 258 Å². The van der Waals surface area contributed by atoms with Crippen molar-refractivity contribution < 1.29 is 29.0 Å². The van der Waals surface area contributed by atoms with E-state index in [1.54, 1.807) is 11.8 Å². The van der Waals surface area contributed by atoms with Crippen LogP contribution in [0.15, 0.2) is 54.6 Å². The second-order valence-electron chi connectivity index (χ2n) is 12.5. The fourth-order valence-corrected chi connectivity index (χ4v) is 6.28. The van der Waals surface area contributed by atoms with E-state index in [1.165, 1.54) is 22.3 Å². The highest BCUT2D eigenvalue weighted by Crippen LogP contribution is 2.44. The van der Waals surface area contributed by atoms with Gasteiger partial charge in [-0.15, -0.1) is 0 Å². The summed E-state index contributed by atoms with van der Waals surface area (Å²) in [5, 5.41) is 13.1. The van der Waals surface area contributed by atoms with Gasteiger partial charge in [-0.05, 0) is 79.6 Å². The molecule has 1 aliphatic heterocycles. The maximum atomic E-state index is 13.2. The van der Waals surface area contributed by atoms with Crippen LogP contribution in [0, 0.1) is 13.8 Å². The molecule has 0 unspecified atom stereocenters. The van der Waals surface area contributed by atoms with Crippen LogP contribution in [0.5, 0.6) is 0 Å². The third-order valence-electron chi connectivity index (χ3n) is 8.36. The van der Waals surface area contributed by atoms with Gasteiger partial charge in [-0.2, -0.15) is 0 Å². The molecular formula is C35H41N3O6. The first-order valence-electron chi connectivity index (χ1n) is 15.1. The highest BCUT2D eigenvalue weighted by Gasteiger charge is 2.31. The minimum atomic E-state index is -0.993. The lowest BCUT2D eigenvalue weighted by Gasteiger charge is -2.37. The predicted octanol–water partition coefficient (Wildman–Crippen LogP) is 5.50. The minimum absolute atomic E-state index is 0.000337. The molecule has 0 spiro atoms. The number of ether oxygens (including phenoxy) is 2. The third kappa shape index (κ3) is 6.58. The van der Waals surface area contributed by atoms with Gasteiger partial charge in [-0.3, -0.25) is 4.79 Å². The van der Waals surface area contributed by atoms with Gasteiger partial charge in [-0.1, -0.05) is 48.5 Å². The monoisotopic (exact) mass is 599 g/mol. The Kier molecular flexibility index (Phi) is 8.97. The number of hydrogen-bond donors (Lipinski definition) is 2. The Hall–Kier alpha value is -4.37. The number of esters is 1. The van der Waals surface area contributed by atoms with E-state index in [2.05, 4.69) is 34.5 Å². The largest absolute Gasteiger partial charge is 0.478 e. The molecule has 5 rings (SSSR count). The number of fused-ring (bicyclic) bond motifs is 3. The smallest absolute Gasteiger partial charge is 0.409 e. The SMILES string of the molecule is Cc1c(CNCC(=O)OC(C)(C)C)cc(N2CCN(C(=O)OCC3c4ccccc4-c4ccccc43)CC2)c(C)c1C(=O)O. The van der Waals surface area contributed by atoms with Crippen LogP contribution in [0.2, 0.25) is 0 Å². The number of nitrogens with one attached hydrogen (secondary N) is 1. The summed E-state index contributed by atoms with van der Waals surface area (Å²) in [5.41, 5.74) is 7.35. The number of anilines is 1. The molecule has 3 aromatic carbocycles. The fourth-order valence-electron chi connectivity index (χ4n) is 6.28. The molecule has 1 saturated heterocycles. The lowest BCUT2D eigenvalue weighted by molar-refractivity contribution is -0.153. The summed E-state index contributed by atoms with van der Waals surface area (Å²) in [6.07, 6.45) is -0.342. The zero-order valence-corrected chi connectivity index (χ0v) is 26.1. The van der Waals surface area contributed by atoms with Crippen LogP contribution in [0.25, 0.3) is 11.1 Å². The van der Waals surface area contributed by atoms with Crippen molar-refractivity contribution in [1.29, 1.82) is 0 Å². The lowest BCUT2D eigenvalue weighted by atomic mass is 9.94. The van der Waals surface area contributed by atoms with E-state index in [0.29, 0.717) is 43.9 Å². The van der Waals surface area contributed by atoms with Gasteiger partial charge in [0, 0.05) is 44.3 Å². The minimum Gasteiger partial charge on any atom is -0.478 e. The van der Waals surface area contributed by atoms with Crippen molar-refractivity contribution in [1.82, 2.24) is 10.2 Å². The summed E-state index contributed by atoms with van der Waals surface area (Å²) >= 11 is 0. The van der Waals surface area contributed by atoms with Crippen molar-refractivity contribution in [2.24, 2.45) is 0 Å². The highest BCUT2D eigenvalue weighted by molar-refractivity contribution is 5.93. The molecular weight excluding hydrogens is 558 g/mol. The van der Waals surface area contributed by atoms with Crippen molar-refractivity contribution in [3.8, 4) is 11.1 Å². The molecule has 44 heavy (non-hydrogen) atoms. The first-order chi connectivity index (χ1) is 20.9. The van der Waals surface area contributed by atoms with Crippen LogP contribution in [0.3, 0.4) is 0 Å². The molecule has 9 nitrogen and oxygen atoms in total. The van der Waals surface area contributed by atoms with E-state index < -0.39 is 11.6 Å². The quantitative estimate of drug-likeness (QED) is 0.327. The zero-order valence-electron chi connectivity index (χ0n) is 26.1. The van der Waals surface area contributed by atoms with Gasteiger partial charge < -0.3 is 29.7 Å². The Morgan fingerprint density at radius 3 is 2.07 bits per heavy atom. The van der Waals surface area contributed by atoms with Gasteiger partial charge in [0.25, 0.3) is 0 Å². The van der Waals surface area contributed by atoms with Crippen LogP contribution in [-0.4, -0.2) is 73.0 Å². The average Bonchev–Trinajstić information content (AvgIpc) is 3.29. The Bertz CT molecular complexity index is 1520. The molecule has 1 amide bonds. The summed E-state index contributed by atoms with van der Waals surface area (Å²) < 4.78 is 11.2. The number of carbonyl (C=O) groups excluding carboxylic acids is 2. The number of piperazine rings is 1. The number of rotatable bonds is 8. The van der Waals surface area contributed by atoms with Gasteiger partial charge in [0.05, 0.1) is 12.1 Å². The van der Waals surface area contributed by atoms with Gasteiger partial charge in [0.1, 0.15) is 12.2 Å². The Morgan fingerprint density at radius 1 is 0.909 bits per heavy atom. The maximum absolute atomic E-state index is 13.2. The molecule has 3 aromatic rings. The summed E-state index contributed by atoms with van der Waals surface area (Å²) in [6.45, 7) is 11.6. The Morgan fingerprint density at radius 2 is 1.50 bits per heavy atom. The van der Waals surface area contributed by atoms with Gasteiger partial charge >= 0.3 is 18.0 Å². The van der Waals surface area contributed by atoms with Crippen molar-refractivity contribution in [2.75, 3.05) is 44.2 Å². The molecule has 1 fully saturated rings. The molecule has 0 aromatic heterocycles. The number of aromatic carboxylic acids is 1. The van der Waals surface area contributed by atoms with Crippen molar-refractivity contribution in [3.63, 3.8) is 0 Å². The number of amides is 1. The molecule has 1 heterocycles. The van der Waals surface area contributed by atoms with Gasteiger partial charge in [-0.25, -0.2) is 9.59 Å². The van der Waals surface area contributed by atoms with E-state index in [4.69, 9.17) is 9.47 Å². The van der Waals surface area contributed by atoms with Gasteiger partial charge in [0.2, 0.25) is 0 Å². The molecule has 1 aliphatic carbocycles. The van der Waals surface area contributed by atoms with Gasteiger partial charge in [0.15, 0.2) is 0 Å². The zero-order chi connectivity index (χ0) is 31.6. The topological polar surface area (TPSA) is 108 Å². The molecule has 2 aliphatic rings. The van der Waals surface area contributed by atoms with Crippen LogP contribution in [0.4, 0.5) is 10.5 Å². The number of carboxylic acid groups (broad SMARTS) is 1. The van der Waals surface area contributed by atoms with E-state index in [0.717, 1.165) is 11.3 Å². The number of benzene rings is 3. The lowest BCUT2D eigenvalue weighted by Crippen LogP contribution is -2.49. The van der Waals surface area contributed by atoms with Crippen molar-refractivity contribution in [3.05, 3.63) is 88.0 Å². The summed E-state index contributed by atoms with van der Waals surface area (Å²) in [6, 6.07) is 18.5. The Balaban J connectivity index is 1.22. The summed E-state index contributed by atoms with van der Waals surface area (Å²) in [5.74, 6) is -1.36. The first-order valence-corrected chi connectivity index (χ1v) is 15.1. The number of carbonyl (C=O) groups is 3. The second kappa shape index (κ2) is 12.7. The number of nitrogens with zero attached hydrogens (tertiary/aromatic N) is 2. The highest BCUT2D eigenvalue weighted by atomic mass is 16.6. The van der Waals surface area contributed by atoms with E-state index in [-0.39, 0.29) is 36.7 Å². The van der Waals surface area contributed by atoms with Crippen LogP contribution in [0.1, 0.15) is 64.9 Å².